The van der Waals surface area contributed by atoms with E-state index < -0.39 is 21.5 Å². The van der Waals surface area contributed by atoms with Crippen molar-refractivity contribution in [3.05, 3.63) is 143 Å². The monoisotopic (exact) mass is 759 g/mol. The Hall–Kier alpha value is -3.14. The van der Waals surface area contributed by atoms with Crippen LogP contribution in [0.25, 0.3) is 56.2 Å². The summed E-state index contributed by atoms with van der Waals surface area (Å²) in [7, 11) is 17.3. The summed E-state index contributed by atoms with van der Waals surface area (Å²) in [5.74, 6) is -1.68. The molecule has 0 N–H and O–H groups in total. The van der Waals surface area contributed by atoms with Gasteiger partial charge in [0.2, 0.25) is 0 Å². The molecular formula is C42H39Cl2N2SiZr. The van der Waals surface area contributed by atoms with Crippen LogP contribution in [0.4, 0.5) is 0 Å². The number of rotatable bonds is 7. The third-order valence-corrected chi connectivity index (χ3v) is 63.0. The molecule has 0 bridgehead atoms. The second-order valence-corrected chi connectivity index (χ2v) is 56.3. The summed E-state index contributed by atoms with van der Waals surface area (Å²) in [6, 6.07) is 34.7. The Morgan fingerprint density at radius 3 is 1.44 bits per heavy atom. The molecule has 239 valence electrons. The number of hydrogen-bond acceptors (Lipinski definition) is 2. The Bertz CT molecular complexity index is 2160. The molecule has 2 unspecified atom stereocenters. The Labute approximate surface area is 292 Å². The van der Waals surface area contributed by atoms with Crippen molar-refractivity contribution in [3.8, 4) is 22.5 Å². The van der Waals surface area contributed by atoms with Gasteiger partial charge in [-0.2, -0.15) is 0 Å². The van der Waals surface area contributed by atoms with Gasteiger partial charge in [-0.05, 0) is 0 Å². The fourth-order valence-electron chi connectivity index (χ4n) is 8.76. The standard InChI is InChI=1S/2C20H16N.C2H7Si.2ClH.Zr/c2*1-2-14-12-16-7-5-9-18(19(16)13-14)20-17-8-4-3-6-15(17)10-11-21-20;1-3-2;;;/h2*3-13H,2H2,1H3;3H,1-2H3;2*1H;/q;;;;;+2/p-2. The summed E-state index contributed by atoms with van der Waals surface area (Å²) in [6.45, 7) is 9.40. The van der Waals surface area contributed by atoms with Gasteiger partial charge in [0.25, 0.3) is 0 Å². The molecule has 8 rings (SSSR count). The summed E-state index contributed by atoms with van der Waals surface area (Å²) < 4.78 is 0.0863. The third kappa shape index (κ3) is 4.67. The molecule has 6 aromatic rings. The van der Waals surface area contributed by atoms with Crippen LogP contribution >= 0.6 is 17.0 Å². The van der Waals surface area contributed by atoms with Crippen molar-refractivity contribution < 1.29 is 15.6 Å². The SMILES string of the molecule is CCC1=Cc2c(-c3nccc4ccccc34)cccc2[CH]1[Zr]([Cl])([Cl])([CH]1C(CC)=Cc2c(-c3nccc4ccccc34)cccc21)[SiH](C)C. The van der Waals surface area contributed by atoms with Crippen LogP contribution in [0.5, 0.6) is 0 Å². The minimum absolute atomic E-state index is 0.0432. The molecule has 0 aliphatic heterocycles. The number of nitrogens with zero attached hydrogens (tertiary/aromatic N) is 2. The third-order valence-electron chi connectivity index (χ3n) is 11.2. The van der Waals surface area contributed by atoms with Crippen LogP contribution in [0.15, 0.2) is 121 Å². The van der Waals surface area contributed by atoms with E-state index in [0.29, 0.717) is 0 Å². The molecule has 2 aliphatic rings. The first-order chi connectivity index (χ1) is 23.3. The maximum atomic E-state index is 8.66. The second-order valence-electron chi connectivity index (χ2n) is 13.8. The van der Waals surface area contributed by atoms with Crippen LogP contribution in [-0.4, -0.2) is 15.9 Å². The number of pyridine rings is 2. The Balaban J connectivity index is 1.35. The van der Waals surface area contributed by atoms with Gasteiger partial charge in [-0.15, -0.1) is 0 Å². The van der Waals surface area contributed by atoms with Gasteiger partial charge in [-0.1, -0.05) is 0 Å². The van der Waals surface area contributed by atoms with Gasteiger partial charge in [-0.25, -0.2) is 0 Å². The van der Waals surface area contributed by atoms with Crippen molar-refractivity contribution in [2.24, 2.45) is 0 Å². The molecule has 2 aromatic heterocycles. The van der Waals surface area contributed by atoms with E-state index in [-0.39, 0.29) is 7.25 Å². The number of aromatic nitrogens is 2. The van der Waals surface area contributed by atoms with E-state index in [1.807, 2.05) is 12.4 Å². The topological polar surface area (TPSA) is 25.8 Å². The summed E-state index contributed by atoms with van der Waals surface area (Å²) in [5, 5.41) is 4.72. The molecule has 2 heterocycles. The maximum absolute atomic E-state index is 8.66. The zero-order valence-electron chi connectivity index (χ0n) is 27.8. The number of allylic oxidation sites excluding steroid dienone is 2. The number of benzene rings is 4. The normalized spacial score (nSPS) is 18.0. The fraction of sp³-hybridized carbons (Fsp3) is 0.190. The van der Waals surface area contributed by atoms with E-state index in [2.05, 4.69) is 136 Å². The molecule has 48 heavy (non-hydrogen) atoms. The first kappa shape index (κ1) is 32.1. The minimum atomic E-state index is -4.89. The van der Waals surface area contributed by atoms with Crippen molar-refractivity contribution in [3.63, 3.8) is 0 Å². The van der Waals surface area contributed by atoms with Crippen molar-refractivity contribution in [2.75, 3.05) is 0 Å². The number of fused-ring (bicyclic) bond motifs is 4. The molecular weight excluding hydrogens is 723 g/mol. The van der Waals surface area contributed by atoms with Crippen LogP contribution < -0.4 is 0 Å². The molecule has 2 atom stereocenters. The van der Waals surface area contributed by atoms with E-state index >= 15 is 0 Å². The van der Waals surface area contributed by atoms with Crippen molar-refractivity contribution in [2.45, 2.75) is 47.0 Å². The molecule has 0 saturated heterocycles. The predicted molar refractivity (Wildman–Crippen MR) is 207 cm³/mol. The number of hydrogen-bond donors (Lipinski definition) is 0. The van der Waals surface area contributed by atoms with Crippen molar-refractivity contribution in [1.29, 1.82) is 0 Å². The van der Waals surface area contributed by atoms with Crippen molar-refractivity contribution >= 4 is 56.6 Å². The second kappa shape index (κ2) is 12.0. The Morgan fingerprint density at radius 1 is 0.583 bits per heavy atom. The number of halogens is 2. The Kier molecular flexibility index (Phi) is 8.04. The van der Waals surface area contributed by atoms with Crippen LogP contribution in [0.3, 0.4) is 0 Å². The summed E-state index contributed by atoms with van der Waals surface area (Å²) in [4.78, 5) is 9.91. The molecule has 0 amide bonds. The van der Waals surface area contributed by atoms with Gasteiger partial charge in [0, 0.05) is 0 Å². The van der Waals surface area contributed by atoms with Crippen molar-refractivity contribution in [1.82, 2.24) is 9.97 Å². The van der Waals surface area contributed by atoms with Gasteiger partial charge in [0.15, 0.2) is 0 Å². The summed E-state index contributed by atoms with van der Waals surface area (Å²) in [5.41, 5.74) is 12.2. The van der Waals surface area contributed by atoms with Gasteiger partial charge in [0.1, 0.15) is 0 Å². The predicted octanol–water partition coefficient (Wildman–Crippen LogP) is 12.5. The summed E-state index contributed by atoms with van der Waals surface area (Å²) in [6.07, 6.45) is 10.5. The molecule has 2 aliphatic carbocycles. The summed E-state index contributed by atoms with van der Waals surface area (Å²) >= 11 is -4.89. The quantitative estimate of drug-likeness (QED) is 0.151. The van der Waals surface area contributed by atoms with Gasteiger partial charge < -0.3 is 0 Å². The molecule has 2 nitrogen and oxygen atoms in total. The molecule has 0 spiro atoms. The first-order valence-electron chi connectivity index (χ1n) is 17.2. The molecule has 0 fully saturated rings. The van der Waals surface area contributed by atoms with Crippen LogP contribution in [0.1, 0.15) is 56.2 Å². The zero-order chi connectivity index (χ0) is 33.2. The first-order valence-corrected chi connectivity index (χ1v) is 33.5. The Morgan fingerprint density at radius 2 is 1.02 bits per heavy atom. The van der Waals surface area contributed by atoms with E-state index in [9.17, 15) is 0 Å². The molecule has 0 saturated carbocycles. The zero-order valence-corrected chi connectivity index (χ0v) is 33.0. The van der Waals surface area contributed by atoms with Crippen LogP contribution in [0, 0.1) is 0 Å². The van der Waals surface area contributed by atoms with Crippen LogP contribution in [0.2, 0.25) is 13.1 Å². The van der Waals surface area contributed by atoms with E-state index in [1.165, 1.54) is 54.9 Å². The van der Waals surface area contributed by atoms with Gasteiger partial charge >= 0.3 is 295 Å². The van der Waals surface area contributed by atoms with Gasteiger partial charge in [-0.3, -0.25) is 0 Å². The van der Waals surface area contributed by atoms with E-state index in [4.69, 9.17) is 27.0 Å². The average molecular weight is 762 g/mol. The van der Waals surface area contributed by atoms with E-state index in [0.717, 1.165) is 35.4 Å². The van der Waals surface area contributed by atoms with Crippen LogP contribution in [-0.2, 0) is 15.6 Å². The fourth-order valence-corrected chi connectivity index (χ4v) is 40.6. The van der Waals surface area contributed by atoms with Gasteiger partial charge in [0.05, 0.1) is 0 Å². The molecule has 4 aromatic carbocycles. The van der Waals surface area contributed by atoms with E-state index in [1.54, 1.807) is 0 Å². The molecule has 0 radical (unpaired) electrons. The average Bonchev–Trinajstić information content (AvgIpc) is 3.71. The molecule has 6 heteroatoms.